The van der Waals surface area contributed by atoms with Gasteiger partial charge in [-0.05, 0) is 18.6 Å². The van der Waals surface area contributed by atoms with Crippen LogP contribution in [0, 0.1) is 15.5 Å². The van der Waals surface area contributed by atoms with Crippen LogP contribution in [0.3, 0.4) is 0 Å². The molecule has 2 aromatic heterocycles. The van der Waals surface area contributed by atoms with Crippen molar-refractivity contribution in [3.05, 3.63) is 42.9 Å². The van der Waals surface area contributed by atoms with Gasteiger partial charge < -0.3 is 4.42 Å². The van der Waals surface area contributed by atoms with E-state index in [1.54, 1.807) is 0 Å². The summed E-state index contributed by atoms with van der Waals surface area (Å²) in [5.74, 6) is -1.20. The molecule has 3 rings (SSSR count). The van der Waals surface area contributed by atoms with Crippen LogP contribution in [0.2, 0.25) is 0 Å². The molecule has 1 fully saturated rings. The zero-order valence-corrected chi connectivity index (χ0v) is 13.4. The number of aromatic nitrogens is 2. The Balaban J connectivity index is 1.88. The molecule has 0 aliphatic carbocycles. The number of allylic oxidation sites excluding steroid dienone is 1. The second-order valence-corrected chi connectivity index (χ2v) is 6.77. The fourth-order valence-corrected chi connectivity index (χ4v) is 3.92. The number of thioether (sulfide) groups is 1. The van der Waals surface area contributed by atoms with Crippen LogP contribution >= 0.6 is 23.1 Å². The summed E-state index contributed by atoms with van der Waals surface area (Å²) in [6.45, 7) is 1.94. The van der Waals surface area contributed by atoms with Crippen LogP contribution in [0.5, 0.6) is 0 Å². The van der Waals surface area contributed by atoms with Crippen LogP contribution in [0.4, 0.5) is 5.88 Å². The van der Waals surface area contributed by atoms with Crippen LogP contribution in [-0.4, -0.2) is 25.9 Å². The standard InChI is InChI=1S/C13H10N4O4S2/c1-2-8-15-16-13(23-8)10-11(18)7(22-12(10)14)5-6-3-4-9(21-6)17(19)20/h3-5,10,14H,2H2,1H3. The second-order valence-electron chi connectivity index (χ2n) is 4.59. The Morgan fingerprint density at radius 1 is 1.48 bits per heavy atom. The summed E-state index contributed by atoms with van der Waals surface area (Å²) in [6, 6.07) is 2.63. The van der Waals surface area contributed by atoms with Gasteiger partial charge in [0.05, 0.1) is 16.0 Å². The number of nitro groups is 1. The molecule has 0 amide bonds. The van der Waals surface area contributed by atoms with Crippen molar-refractivity contribution in [1.82, 2.24) is 10.2 Å². The summed E-state index contributed by atoms with van der Waals surface area (Å²) in [6.07, 6.45) is 2.13. The summed E-state index contributed by atoms with van der Waals surface area (Å²) in [5, 5.41) is 28.1. The van der Waals surface area contributed by atoms with Gasteiger partial charge in [0, 0.05) is 0 Å². The highest BCUT2D eigenvalue weighted by atomic mass is 32.2. The van der Waals surface area contributed by atoms with Gasteiger partial charge in [0.1, 0.15) is 26.6 Å². The molecule has 2 aromatic rings. The van der Waals surface area contributed by atoms with Gasteiger partial charge in [0.25, 0.3) is 0 Å². The summed E-state index contributed by atoms with van der Waals surface area (Å²) in [7, 11) is 0. The van der Waals surface area contributed by atoms with Crippen molar-refractivity contribution in [1.29, 1.82) is 5.41 Å². The van der Waals surface area contributed by atoms with E-state index in [4.69, 9.17) is 9.83 Å². The topological polar surface area (TPSA) is 123 Å². The van der Waals surface area contributed by atoms with E-state index < -0.39 is 16.7 Å². The van der Waals surface area contributed by atoms with Gasteiger partial charge >= 0.3 is 5.88 Å². The maximum atomic E-state index is 12.5. The third-order valence-corrected chi connectivity index (χ3v) is 5.21. The van der Waals surface area contributed by atoms with Gasteiger partial charge in [-0.1, -0.05) is 18.7 Å². The molecule has 1 N–H and O–H groups in total. The lowest BCUT2D eigenvalue weighted by atomic mass is 10.1. The third kappa shape index (κ3) is 2.94. The van der Waals surface area contributed by atoms with E-state index in [0.29, 0.717) is 9.91 Å². The molecule has 1 unspecified atom stereocenters. The van der Waals surface area contributed by atoms with E-state index in [-0.39, 0.29) is 16.6 Å². The molecule has 0 bridgehead atoms. The van der Waals surface area contributed by atoms with Crippen LogP contribution in [0.1, 0.15) is 28.6 Å². The number of ketones is 1. The predicted octanol–water partition coefficient (Wildman–Crippen LogP) is 3.02. The molecule has 0 radical (unpaired) electrons. The fourth-order valence-electron chi connectivity index (χ4n) is 1.99. The highest BCUT2D eigenvalue weighted by Gasteiger charge is 2.39. The number of hydrogen-bond donors (Lipinski definition) is 1. The number of Topliss-reactive ketones (excluding diaryl/α,β-unsaturated/α-hetero) is 1. The van der Waals surface area contributed by atoms with E-state index in [9.17, 15) is 14.9 Å². The first-order valence-corrected chi connectivity index (χ1v) is 8.21. The molecule has 8 nitrogen and oxygen atoms in total. The van der Waals surface area contributed by atoms with Crippen molar-refractivity contribution < 1.29 is 14.1 Å². The van der Waals surface area contributed by atoms with Gasteiger partial charge in [-0.3, -0.25) is 20.3 Å². The molecule has 1 aliphatic heterocycles. The first kappa shape index (κ1) is 15.6. The molecule has 23 heavy (non-hydrogen) atoms. The first-order chi connectivity index (χ1) is 11.0. The van der Waals surface area contributed by atoms with Crippen molar-refractivity contribution in [2.45, 2.75) is 19.3 Å². The van der Waals surface area contributed by atoms with E-state index in [0.717, 1.165) is 23.2 Å². The molecule has 1 saturated heterocycles. The fraction of sp³-hybridized carbons (Fsp3) is 0.231. The van der Waals surface area contributed by atoms with Crippen molar-refractivity contribution >= 4 is 45.9 Å². The molecule has 3 heterocycles. The average molecular weight is 350 g/mol. The average Bonchev–Trinajstić information content (AvgIpc) is 3.20. The lowest BCUT2D eigenvalue weighted by molar-refractivity contribution is -0.402. The number of carbonyl (C=O) groups is 1. The quantitative estimate of drug-likeness (QED) is 0.510. The highest BCUT2D eigenvalue weighted by molar-refractivity contribution is 8.19. The Morgan fingerprint density at radius 2 is 2.26 bits per heavy atom. The molecule has 0 saturated carbocycles. The number of rotatable bonds is 4. The maximum Gasteiger partial charge on any atom is 0.433 e. The normalized spacial score (nSPS) is 19.7. The lowest BCUT2D eigenvalue weighted by Crippen LogP contribution is -2.11. The number of nitrogens with zero attached hydrogens (tertiary/aromatic N) is 3. The minimum Gasteiger partial charge on any atom is -0.401 e. The lowest BCUT2D eigenvalue weighted by Gasteiger charge is -2.00. The first-order valence-electron chi connectivity index (χ1n) is 6.58. The predicted molar refractivity (Wildman–Crippen MR) is 85.7 cm³/mol. The summed E-state index contributed by atoms with van der Waals surface area (Å²) in [5.41, 5.74) is 0. The minimum atomic E-state index is -0.742. The smallest absolute Gasteiger partial charge is 0.401 e. The van der Waals surface area contributed by atoms with Crippen LogP contribution in [0.15, 0.2) is 21.5 Å². The van der Waals surface area contributed by atoms with Crippen molar-refractivity contribution in [3.8, 4) is 0 Å². The molecule has 118 valence electrons. The van der Waals surface area contributed by atoms with Gasteiger partial charge in [0.15, 0.2) is 5.78 Å². The van der Waals surface area contributed by atoms with Gasteiger partial charge in [-0.25, -0.2) is 0 Å². The highest BCUT2D eigenvalue weighted by Crippen LogP contribution is 2.41. The minimum absolute atomic E-state index is 0.168. The molecule has 0 spiro atoms. The number of nitrogens with one attached hydrogen (secondary N) is 1. The molecular formula is C13H10N4O4S2. The monoisotopic (exact) mass is 350 g/mol. The number of furan rings is 1. The SMILES string of the molecule is CCc1nnc(C2C(=N)SC(=Cc3ccc([N+](=O)[O-])o3)C2=O)s1. The van der Waals surface area contributed by atoms with E-state index >= 15 is 0 Å². The zero-order chi connectivity index (χ0) is 16.6. The summed E-state index contributed by atoms with van der Waals surface area (Å²) < 4.78 is 5.02. The van der Waals surface area contributed by atoms with Crippen molar-refractivity contribution in [2.24, 2.45) is 0 Å². The number of hydrogen-bond acceptors (Lipinski definition) is 9. The molecular weight excluding hydrogens is 340 g/mol. The van der Waals surface area contributed by atoms with Gasteiger partial charge in [-0.15, -0.1) is 21.5 Å². The maximum absolute atomic E-state index is 12.5. The van der Waals surface area contributed by atoms with E-state index in [1.807, 2.05) is 6.92 Å². The Labute approximate surface area is 138 Å². The Morgan fingerprint density at radius 3 is 2.87 bits per heavy atom. The number of carbonyl (C=O) groups excluding carboxylic acids is 1. The van der Waals surface area contributed by atoms with Crippen LogP contribution in [-0.2, 0) is 11.2 Å². The van der Waals surface area contributed by atoms with Crippen molar-refractivity contribution in [3.63, 3.8) is 0 Å². The molecule has 10 heteroatoms. The molecule has 1 aliphatic rings. The second kappa shape index (κ2) is 6.05. The van der Waals surface area contributed by atoms with Gasteiger partial charge in [-0.2, -0.15) is 0 Å². The van der Waals surface area contributed by atoms with E-state index in [1.165, 1.54) is 29.5 Å². The summed E-state index contributed by atoms with van der Waals surface area (Å²) >= 11 is 2.33. The molecule has 1 atom stereocenters. The van der Waals surface area contributed by atoms with Gasteiger partial charge in [0.2, 0.25) is 0 Å². The van der Waals surface area contributed by atoms with E-state index in [2.05, 4.69) is 10.2 Å². The Hall–Kier alpha value is -2.33. The van der Waals surface area contributed by atoms with Crippen molar-refractivity contribution in [2.75, 3.05) is 0 Å². The molecule has 0 aromatic carbocycles. The third-order valence-electron chi connectivity index (χ3n) is 3.08. The Bertz CT molecular complexity index is 839. The Kier molecular flexibility index (Phi) is 4.09. The number of aryl methyl sites for hydroxylation is 1. The largest absolute Gasteiger partial charge is 0.433 e. The summed E-state index contributed by atoms with van der Waals surface area (Å²) in [4.78, 5) is 22.8. The van der Waals surface area contributed by atoms with Crippen LogP contribution < -0.4 is 0 Å². The zero-order valence-electron chi connectivity index (χ0n) is 11.8. The van der Waals surface area contributed by atoms with Crippen LogP contribution in [0.25, 0.3) is 6.08 Å².